The minimum atomic E-state index is 0. The molecule has 0 fully saturated rings. The number of ether oxygens (including phenoxy) is 1. The molecular formula is C11H18ClNO. The van der Waals surface area contributed by atoms with Gasteiger partial charge in [0.25, 0.3) is 0 Å². The summed E-state index contributed by atoms with van der Waals surface area (Å²) in [5.41, 5.74) is 6.88. The van der Waals surface area contributed by atoms with Crippen molar-refractivity contribution >= 4 is 12.4 Å². The predicted octanol–water partition coefficient (Wildman–Crippen LogP) is 2.92. The second-order valence-corrected chi connectivity index (χ2v) is 3.49. The predicted molar refractivity (Wildman–Crippen MR) is 62.1 cm³/mol. The molecule has 1 unspecified atom stereocenters. The zero-order chi connectivity index (χ0) is 9.84. The molecule has 0 aliphatic rings. The molecule has 0 bridgehead atoms. The van der Waals surface area contributed by atoms with Gasteiger partial charge in [0.1, 0.15) is 5.75 Å². The van der Waals surface area contributed by atoms with Crippen LogP contribution in [0.15, 0.2) is 24.3 Å². The summed E-state index contributed by atoms with van der Waals surface area (Å²) in [7, 11) is 0. The van der Waals surface area contributed by atoms with Crippen LogP contribution in [-0.2, 0) is 0 Å². The Morgan fingerprint density at radius 1 is 1.14 bits per heavy atom. The largest absolute Gasteiger partial charge is 0.491 e. The van der Waals surface area contributed by atoms with Crippen LogP contribution in [0.3, 0.4) is 0 Å². The van der Waals surface area contributed by atoms with Crippen LogP contribution in [-0.4, -0.2) is 6.10 Å². The molecule has 14 heavy (non-hydrogen) atoms. The smallest absolute Gasteiger partial charge is 0.124 e. The second kappa shape index (κ2) is 5.89. The Hall–Kier alpha value is -0.730. The molecule has 0 amide bonds. The van der Waals surface area contributed by atoms with Crippen molar-refractivity contribution < 1.29 is 4.74 Å². The van der Waals surface area contributed by atoms with Gasteiger partial charge >= 0.3 is 0 Å². The molecule has 0 spiro atoms. The van der Waals surface area contributed by atoms with Crippen LogP contribution in [0.4, 0.5) is 0 Å². The molecular weight excluding hydrogens is 198 g/mol. The van der Waals surface area contributed by atoms with E-state index >= 15 is 0 Å². The van der Waals surface area contributed by atoms with Gasteiger partial charge in [-0.1, -0.05) is 18.2 Å². The van der Waals surface area contributed by atoms with Crippen molar-refractivity contribution in [3.63, 3.8) is 0 Å². The lowest BCUT2D eigenvalue weighted by Gasteiger charge is -2.15. The fraction of sp³-hybridized carbons (Fsp3) is 0.455. The maximum Gasteiger partial charge on any atom is 0.124 e. The topological polar surface area (TPSA) is 35.2 Å². The van der Waals surface area contributed by atoms with Crippen LogP contribution in [0.25, 0.3) is 0 Å². The van der Waals surface area contributed by atoms with Gasteiger partial charge in [-0.25, -0.2) is 0 Å². The lowest BCUT2D eigenvalue weighted by Crippen LogP contribution is -2.11. The average Bonchev–Trinajstić information content (AvgIpc) is 2.03. The van der Waals surface area contributed by atoms with Gasteiger partial charge in [0.2, 0.25) is 0 Å². The van der Waals surface area contributed by atoms with E-state index in [4.69, 9.17) is 10.5 Å². The van der Waals surface area contributed by atoms with Gasteiger partial charge < -0.3 is 10.5 Å². The first-order chi connectivity index (χ1) is 6.11. The zero-order valence-electron chi connectivity index (χ0n) is 8.86. The quantitative estimate of drug-likeness (QED) is 0.842. The van der Waals surface area contributed by atoms with Gasteiger partial charge in [0.15, 0.2) is 0 Å². The normalized spacial score (nSPS) is 12.1. The highest BCUT2D eigenvalue weighted by Gasteiger charge is 2.07. The van der Waals surface area contributed by atoms with E-state index in [2.05, 4.69) is 0 Å². The lowest BCUT2D eigenvalue weighted by molar-refractivity contribution is 0.239. The van der Waals surface area contributed by atoms with Crippen LogP contribution in [0.5, 0.6) is 5.75 Å². The van der Waals surface area contributed by atoms with E-state index in [1.54, 1.807) is 0 Å². The van der Waals surface area contributed by atoms with Crippen molar-refractivity contribution in [3.8, 4) is 5.75 Å². The van der Waals surface area contributed by atoms with Crippen LogP contribution in [0.1, 0.15) is 32.4 Å². The van der Waals surface area contributed by atoms with Gasteiger partial charge in [-0.05, 0) is 26.8 Å². The molecule has 1 aromatic carbocycles. The molecule has 2 N–H and O–H groups in total. The highest BCUT2D eigenvalue weighted by Crippen LogP contribution is 2.23. The van der Waals surface area contributed by atoms with E-state index < -0.39 is 0 Å². The second-order valence-electron chi connectivity index (χ2n) is 3.49. The number of hydrogen-bond acceptors (Lipinski definition) is 2. The van der Waals surface area contributed by atoms with Crippen molar-refractivity contribution in [2.75, 3.05) is 0 Å². The number of benzene rings is 1. The number of hydrogen-bond donors (Lipinski definition) is 1. The first-order valence-corrected chi connectivity index (χ1v) is 4.62. The average molecular weight is 216 g/mol. The van der Waals surface area contributed by atoms with Gasteiger partial charge in [0.05, 0.1) is 6.10 Å². The molecule has 0 aliphatic heterocycles. The SMILES string of the molecule is CC(C)Oc1ccccc1C(C)N.Cl. The molecule has 0 aliphatic carbocycles. The summed E-state index contributed by atoms with van der Waals surface area (Å²) in [5, 5.41) is 0. The van der Waals surface area contributed by atoms with Crippen LogP contribution >= 0.6 is 12.4 Å². The molecule has 80 valence electrons. The number of rotatable bonds is 3. The summed E-state index contributed by atoms with van der Waals surface area (Å²) >= 11 is 0. The Morgan fingerprint density at radius 2 is 1.71 bits per heavy atom. The van der Waals surface area contributed by atoms with Crippen molar-refractivity contribution in [3.05, 3.63) is 29.8 Å². The monoisotopic (exact) mass is 215 g/mol. The summed E-state index contributed by atoms with van der Waals surface area (Å²) in [5.74, 6) is 0.896. The molecule has 2 nitrogen and oxygen atoms in total. The molecule has 1 rings (SSSR count). The summed E-state index contributed by atoms with van der Waals surface area (Å²) in [4.78, 5) is 0. The Kier molecular flexibility index (Phi) is 5.58. The Labute approximate surface area is 91.9 Å². The minimum Gasteiger partial charge on any atom is -0.491 e. The fourth-order valence-electron chi connectivity index (χ4n) is 1.22. The van der Waals surface area contributed by atoms with Crippen molar-refractivity contribution in [1.29, 1.82) is 0 Å². The molecule has 0 aromatic heterocycles. The minimum absolute atomic E-state index is 0. The van der Waals surface area contributed by atoms with Crippen molar-refractivity contribution in [1.82, 2.24) is 0 Å². The molecule has 1 aromatic rings. The summed E-state index contributed by atoms with van der Waals surface area (Å²) in [6.07, 6.45) is 0.194. The fourth-order valence-corrected chi connectivity index (χ4v) is 1.22. The molecule has 3 heteroatoms. The van der Waals surface area contributed by atoms with Crippen LogP contribution < -0.4 is 10.5 Å². The van der Waals surface area contributed by atoms with Crippen molar-refractivity contribution in [2.24, 2.45) is 5.73 Å². The van der Waals surface area contributed by atoms with Crippen LogP contribution in [0.2, 0.25) is 0 Å². The van der Waals surface area contributed by atoms with E-state index in [-0.39, 0.29) is 24.6 Å². The number of nitrogens with two attached hydrogens (primary N) is 1. The zero-order valence-corrected chi connectivity index (χ0v) is 9.67. The third-order valence-corrected chi connectivity index (χ3v) is 1.77. The molecule has 0 saturated carbocycles. The highest BCUT2D eigenvalue weighted by atomic mass is 35.5. The lowest BCUT2D eigenvalue weighted by atomic mass is 10.1. The summed E-state index contributed by atoms with van der Waals surface area (Å²) < 4.78 is 5.63. The number of para-hydroxylation sites is 1. The van der Waals surface area contributed by atoms with Crippen molar-refractivity contribution in [2.45, 2.75) is 32.9 Å². The first-order valence-electron chi connectivity index (χ1n) is 4.62. The molecule has 0 heterocycles. The van der Waals surface area contributed by atoms with Gasteiger partial charge in [-0.3, -0.25) is 0 Å². The van der Waals surface area contributed by atoms with Gasteiger partial charge in [-0.2, -0.15) is 0 Å². The molecule has 1 atom stereocenters. The van der Waals surface area contributed by atoms with E-state index in [0.29, 0.717) is 0 Å². The van der Waals surface area contributed by atoms with E-state index in [1.807, 2.05) is 45.0 Å². The standard InChI is InChI=1S/C11H17NO.ClH/c1-8(2)13-11-7-5-4-6-10(11)9(3)12;/h4-9H,12H2,1-3H3;1H. The first kappa shape index (κ1) is 13.3. The third kappa shape index (κ3) is 3.56. The summed E-state index contributed by atoms with van der Waals surface area (Å²) in [6, 6.07) is 7.92. The van der Waals surface area contributed by atoms with Gasteiger partial charge in [-0.15, -0.1) is 12.4 Å². The number of halogens is 1. The Balaban J connectivity index is 0.00000169. The van der Waals surface area contributed by atoms with Gasteiger partial charge in [0, 0.05) is 11.6 Å². The van der Waals surface area contributed by atoms with E-state index in [1.165, 1.54) is 0 Å². The molecule has 0 saturated heterocycles. The Morgan fingerprint density at radius 3 is 2.21 bits per heavy atom. The Bertz CT molecular complexity index is 274. The summed E-state index contributed by atoms with van der Waals surface area (Å²) in [6.45, 7) is 5.98. The van der Waals surface area contributed by atoms with E-state index in [0.717, 1.165) is 11.3 Å². The van der Waals surface area contributed by atoms with Crippen LogP contribution in [0, 0.1) is 0 Å². The highest BCUT2D eigenvalue weighted by molar-refractivity contribution is 5.85. The van der Waals surface area contributed by atoms with E-state index in [9.17, 15) is 0 Å². The third-order valence-electron chi connectivity index (χ3n) is 1.77. The molecule has 0 radical (unpaired) electrons. The maximum atomic E-state index is 5.81. The maximum absolute atomic E-state index is 5.81.